The summed E-state index contributed by atoms with van der Waals surface area (Å²) in [7, 11) is 0. The Hall–Kier alpha value is -2.04. The zero-order valence-electron chi connectivity index (χ0n) is 8.80. The molecule has 0 atom stereocenters. The van der Waals surface area contributed by atoms with Gasteiger partial charge < -0.3 is 9.15 Å². The van der Waals surface area contributed by atoms with E-state index in [9.17, 15) is 10.1 Å². The highest BCUT2D eigenvalue weighted by molar-refractivity contribution is 5.81. The van der Waals surface area contributed by atoms with Crippen LogP contribution in [-0.2, 0) is 0 Å². The van der Waals surface area contributed by atoms with Crippen LogP contribution < -0.4 is 4.74 Å². The van der Waals surface area contributed by atoms with E-state index in [2.05, 4.69) is 0 Å². The third-order valence-corrected chi connectivity index (χ3v) is 2.13. The molecule has 1 aromatic carbocycles. The van der Waals surface area contributed by atoms with Gasteiger partial charge in [0.25, 0.3) is 0 Å². The molecule has 0 unspecified atom stereocenters. The first-order valence-corrected chi connectivity index (χ1v) is 5.01. The van der Waals surface area contributed by atoms with Crippen molar-refractivity contribution in [2.75, 3.05) is 6.61 Å². The van der Waals surface area contributed by atoms with Gasteiger partial charge in [-0.15, -0.1) is 0 Å². The maximum absolute atomic E-state index is 10.5. The van der Waals surface area contributed by atoms with Gasteiger partial charge in [0.1, 0.15) is 16.3 Å². The Balaban J connectivity index is 2.34. The smallest absolute Gasteiger partial charge is 0.434 e. The Morgan fingerprint density at radius 3 is 2.94 bits per heavy atom. The van der Waals surface area contributed by atoms with Crippen molar-refractivity contribution in [3.63, 3.8) is 0 Å². The summed E-state index contributed by atoms with van der Waals surface area (Å²) in [5, 5.41) is 11.2. The molecule has 0 aliphatic carbocycles. The molecule has 0 amide bonds. The predicted octanol–water partition coefficient (Wildman–Crippen LogP) is 3.13. The number of nitro groups is 1. The Kier molecular flexibility index (Phi) is 2.76. The summed E-state index contributed by atoms with van der Waals surface area (Å²) in [5.74, 6) is 0.452. The molecule has 0 saturated carbocycles. The number of hydrogen-bond donors (Lipinski definition) is 0. The molecule has 5 nitrogen and oxygen atoms in total. The molecule has 0 bridgehead atoms. The van der Waals surface area contributed by atoms with Crippen LogP contribution in [0.25, 0.3) is 11.0 Å². The van der Waals surface area contributed by atoms with Crippen LogP contribution in [0.15, 0.2) is 28.7 Å². The number of hydrogen-bond acceptors (Lipinski definition) is 4. The molecule has 0 saturated heterocycles. The Morgan fingerprint density at radius 1 is 1.44 bits per heavy atom. The first kappa shape index (κ1) is 10.5. The van der Waals surface area contributed by atoms with E-state index in [4.69, 9.17) is 9.15 Å². The third-order valence-electron chi connectivity index (χ3n) is 2.13. The lowest BCUT2D eigenvalue weighted by Gasteiger charge is -2.02. The molecule has 0 N–H and O–H groups in total. The molecule has 2 aromatic rings. The summed E-state index contributed by atoms with van der Waals surface area (Å²) >= 11 is 0. The second-order valence-corrected chi connectivity index (χ2v) is 3.39. The first-order chi connectivity index (χ1) is 7.70. The first-order valence-electron chi connectivity index (χ1n) is 5.01. The lowest BCUT2D eigenvalue weighted by atomic mass is 10.2. The van der Waals surface area contributed by atoms with Gasteiger partial charge in [-0.3, -0.25) is 10.1 Å². The van der Waals surface area contributed by atoms with E-state index in [1.807, 2.05) is 6.92 Å². The zero-order chi connectivity index (χ0) is 11.5. The maximum Gasteiger partial charge on any atom is 0.434 e. The average Bonchev–Trinajstić information content (AvgIpc) is 2.69. The highest BCUT2D eigenvalue weighted by Crippen LogP contribution is 2.27. The monoisotopic (exact) mass is 221 g/mol. The normalized spacial score (nSPS) is 10.6. The van der Waals surface area contributed by atoms with E-state index in [1.165, 1.54) is 6.07 Å². The van der Waals surface area contributed by atoms with Gasteiger partial charge in [0.05, 0.1) is 12.7 Å². The lowest BCUT2D eigenvalue weighted by Crippen LogP contribution is -1.93. The topological polar surface area (TPSA) is 65.5 Å². The predicted molar refractivity (Wildman–Crippen MR) is 58.7 cm³/mol. The van der Waals surface area contributed by atoms with Crippen LogP contribution in [0.5, 0.6) is 5.75 Å². The third kappa shape index (κ3) is 1.98. The molecule has 1 aromatic heterocycles. The van der Waals surface area contributed by atoms with Gasteiger partial charge in [0.15, 0.2) is 0 Å². The molecule has 0 radical (unpaired) electrons. The molecule has 0 aliphatic heterocycles. The van der Waals surface area contributed by atoms with Crippen molar-refractivity contribution in [3.8, 4) is 5.75 Å². The summed E-state index contributed by atoms with van der Waals surface area (Å²) in [6.45, 7) is 2.65. The quantitative estimate of drug-likeness (QED) is 0.587. The van der Waals surface area contributed by atoms with Crippen LogP contribution in [0.2, 0.25) is 0 Å². The minimum absolute atomic E-state index is 0.248. The van der Waals surface area contributed by atoms with Gasteiger partial charge in [-0.05, 0) is 24.6 Å². The average molecular weight is 221 g/mol. The van der Waals surface area contributed by atoms with Crippen LogP contribution in [0.1, 0.15) is 13.3 Å². The van der Waals surface area contributed by atoms with E-state index >= 15 is 0 Å². The van der Waals surface area contributed by atoms with E-state index in [1.54, 1.807) is 18.2 Å². The van der Waals surface area contributed by atoms with Gasteiger partial charge in [-0.1, -0.05) is 6.92 Å². The molecule has 0 spiro atoms. The fourth-order valence-corrected chi connectivity index (χ4v) is 1.41. The molecule has 0 aliphatic rings. The van der Waals surface area contributed by atoms with Crippen molar-refractivity contribution < 1.29 is 14.1 Å². The minimum atomic E-state index is -0.549. The highest BCUT2D eigenvalue weighted by Gasteiger charge is 2.13. The number of ether oxygens (including phenoxy) is 1. The summed E-state index contributed by atoms with van der Waals surface area (Å²) in [4.78, 5) is 9.96. The van der Waals surface area contributed by atoms with Crippen molar-refractivity contribution >= 4 is 16.9 Å². The fourth-order valence-electron chi connectivity index (χ4n) is 1.41. The zero-order valence-corrected chi connectivity index (χ0v) is 8.80. The molecule has 5 heteroatoms. The number of fused-ring (bicyclic) bond motifs is 1. The summed E-state index contributed by atoms with van der Waals surface area (Å²) < 4.78 is 10.5. The molecule has 2 rings (SSSR count). The number of furan rings is 1. The van der Waals surface area contributed by atoms with Crippen LogP contribution in [0.4, 0.5) is 5.88 Å². The summed E-state index contributed by atoms with van der Waals surface area (Å²) in [6, 6.07) is 6.55. The standard InChI is InChI=1S/C11H11NO4/c1-2-5-15-9-3-4-10-8(6-9)7-11(16-10)12(13)14/h3-4,6-7H,2,5H2,1H3. The Bertz CT molecular complexity index is 518. The number of benzene rings is 1. The molecule has 16 heavy (non-hydrogen) atoms. The Labute approximate surface area is 91.8 Å². The molecular formula is C11H11NO4. The molecule has 84 valence electrons. The molecular weight excluding hydrogens is 210 g/mol. The summed E-state index contributed by atoms with van der Waals surface area (Å²) in [5.41, 5.74) is 0.496. The van der Waals surface area contributed by atoms with E-state index in [0.29, 0.717) is 23.3 Å². The van der Waals surface area contributed by atoms with Crippen molar-refractivity contribution in [2.45, 2.75) is 13.3 Å². The van der Waals surface area contributed by atoms with Crippen LogP contribution in [0.3, 0.4) is 0 Å². The maximum atomic E-state index is 10.5. The van der Waals surface area contributed by atoms with Crippen molar-refractivity contribution in [1.29, 1.82) is 0 Å². The van der Waals surface area contributed by atoms with Gasteiger partial charge in [0, 0.05) is 5.39 Å². The minimum Gasteiger partial charge on any atom is -0.494 e. The second kappa shape index (κ2) is 4.22. The van der Waals surface area contributed by atoms with Crippen molar-refractivity contribution in [3.05, 3.63) is 34.4 Å². The van der Waals surface area contributed by atoms with Crippen LogP contribution >= 0.6 is 0 Å². The van der Waals surface area contributed by atoms with E-state index in [0.717, 1.165) is 6.42 Å². The fraction of sp³-hybridized carbons (Fsp3) is 0.273. The SMILES string of the molecule is CCCOc1ccc2oc([N+](=O)[O-])cc2c1. The second-order valence-electron chi connectivity index (χ2n) is 3.39. The summed E-state index contributed by atoms with van der Waals surface area (Å²) in [6.07, 6.45) is 0.920. The van der Waals surface area contributed by atoms with Gasteiger partial charge in [-0.25, -0.2) is 0 Å². The van der Waals surface area contributed by atoms with Crippen molar-refractivity contribution in [1.82, 2.24) is 0 Å². The number of rotatable bonds is 4. The highest BCUT2D eigenvalue weighted by atomic mass is 16.6. The van der Waals surface area contributed by atoms with Gasteiger partial charge in [0.2, 0.25) is 0 Å². The molecule has 1 heterocycles. The number of nitrogens with zero attached hydrogens (tertiary/aromatic N) is 1. The van der Waals surface area contributed by atoms with E-state index in [-0.39, 0.29) is 5.88 Å². The largest absolute Gasteiger partial charge is 0.494 e. The van der Waals surface area contributed by atoms with Crippen molar-refractivity contribution in [2.24, 2.45) is 0 Å². The van der Waals surface area contributed by atoms with Gasteiger partial charge in [-0.2, -0.15) is 0 Å². The van der Waals surface area contributed by atoms with Crippen LogP contribution in [-0.4, -0.2) is 11.5 Å². The van der Waals surface area contributed by atoms with Crippen LogP contribution in [0, 0.1) is 10.1 Å². The Morgan fingerprint density at radius 2 is 2.25 bits per heavy atom. The van der Waals surface area contributed by atoms with Gasteiger partial charge >= 0.3 is 5.88 Å². The molecule has 0 fully saturated rings. The lowest BCUT2D eigenvalue weighted by molar-refractivity contribution is -0.401. The van der Waals surface area contributed by atoms with E-state index < -0.39 is 4.92 Å².